The van der Waals surface area contributed by atoms with Crippen LogP contribution in [0.5, 0.6) is 0 Å². The number of ether oxygens (including phenoxy) is 3. The molecule has 0 amide bonds. The molecule has 0 heterocycles. The molecule has 1 unspecified atom stereocenters. The van der Waals surface area contributed by atoms with Gasteiger partial charge in [0.2, 0.25) is 0 Å². The summed E-state index contributed by atoms with van der Waals surface area (Å²) in [6.07, 6.45) is 64.1. The van der Waals surface area contributed by atoms with Gasteiger partial charge in [-0.2, -0.15) is 0 Å². The molecule has 0 aromatic carbocycles. The zero-order valence-corrected chi connectivity index (χ0v) is 37.8. The van der Waals surface area contributed by atoms with Crippen LogP contribution in [0.15, 0.2) is 97.2 Å². The van der Waals surface area contributed by atoms with E-state index in [4.69, 9.17) is 14.2 Å². The zero-order valence-electron chi connectivity index (χ0n) is 37.8. The van der Waals surface area contributed by atoms with Crippen LogP contribution in [0.25, 0.3) is 0 Å². The molecule has 0 fully saturated rings. The Hall–Kier alpha value is -3.18. The van der Waals surface area contributed by atoms with Crippen molar-refractivity contribution in [2.24, 2.45) is 0 Å². The lowest BCUT2D eigenvalue weighted by Gasteiger charge is -2.18. The fraction of sp³-hybridized carbons (Fsp3) is 0.660. The van der Waals surface area contributed by atoms with Gasteiger partial charge in [0.05, 0.1) is 6.61 Å². The average molecular weight is 805 g/mol. The van der Waals surface area contributed by atoms with Gasteiger partial charge in [-0.25, -0.2) is 0 Å². The third-order valence-corrected chi connectivity index (χ3v) is 9.54. The molecule has 0 aliphatic carbocycles. The molecular formula is C53H88O5. The summed E-state index contributed by atoms with van der Waals surface area (Å²) in [6, 6.07) is 0. The number of carbonyl (C=O) groups is 2. The Morgan fingerprint density at radius 2 is 0.776 bits per heavy atom. The Kier molecular flexibility index (Phi) is 45.5. The maximum atomic E-state index is 12.7. The van der Waals surface area contributed by atoms with Crippen LogP contribution in [0, 0.1) is 0 Å². The van der Waals surface area contributed by atoms with E-state index in [1.165, 1.54) is 57.8 Å². The topological polar surface area (TPSA) is 61.8 Å². The van der Waals surface area contributed by atoms with Crippen molar-refractivity contribution in [3.05, 3.63) is 97.2 Å². The highest BCUT2D eigenvalue weighted by Gasteiger charge is 2.17. The molecule has 0 aromatic heterocycles. The first-order chi connectivity index (χ1) is 28.6. The third kappa shape index (κ3) is 45.5. The monoisotopic (exact) mass is 805 g/mol. The second kappa shape index (κ2) is 48.2. The lowest BCUT2D eigenvalue weighted by atomic mass is 10.1. The standard InChI is InChI=1S/C53H88O5/c1-4-7-10-13-16-19-22-25-27-29-31-34-37-40-43-46-52(54)57-50-51(49-56-48-45-42-39-36-33-30-26-23-20-17-14-11-8-5-2)58-53(55)47-44-41-38-35-32-28-24-21-18-15-12-9-6-3/h7,10-12,14-16,19-21,23-25,27,31,34,51H,4-6,8-9,13,17-18,22,26,28-30,32-33,35-50H2,1-3H3/b10-7-,14-11-,15-12-,19-16-,23-20-,24-21-,27-25-,34-31-. The number of hydrogen-bond acceptors (Lipinski definition) is 5. The maximum Gasteiger partial charge on any atom is 0.306 e. The van der Waals surface area contributed by atoms with Gasteiger partial charge in [0.25, 0.3) is 0 Å². The number of hydrogen-bond donors (Lipinski definition) is 0. The molecule has 1 atom stereocenters. The highest BCUT2D eigenvalue weighted by atomic mass is 16.6. The van der Waals surface area contributed by atoms with Gasteiger partial charge < -0.3 is 14.2 Å². The number of rotatable bonds is 42. The summed E-state index contributed by atoms with van der Waals surface area (Å²) in [5.41, 5.74) is 0. The van der Waals surface area contributed by atoms with Gasteiger partial charge in [0.1, 0.15) is 6.61 Å². The minimum atomic E-state index is -0.570. The number of carbonyl (C=O) groups excluding carboxylic acids is 2. The summed E-state index contributed by atoms with van der Waals surface area (Å²) >= 11 is 0. The first kappa shape index (κ1) is 54.8. The molecular weight excluding hydrogens is 717 g/mol. The van der Waals surface area contributed by atoms with Crippen LogP contribution in [0.3, 0.4) is 0 Å². The van der Waals surface area contributed by atoms with Gasteiger partial charge in [-0.1, -0.05) is 176 Å². The van der Waals surface area contributed by atoms with Gasteiger partial charge in [0.15, 0.2) is 6.10 Å². The van der Waals surface area contributed by atoms with Gasteiger partial charge in [-0.3, -0.25) is 9.59 Å². The van der Waals surface area contributed by atoms with Crippen molar-refractivity contribution in [3.63, 3.8) is 0 Å². The molecule has 58 heavy (non-hydrogen) atoms. The van der Waals surface area contributed by atoms with E-state index in [0.717, 1.165) is 109 Å². The van der Waals surface area contributed by atoms with E-state index in [0.29, 0.717) is 19.4 Å². The maximum absolute atomic E-state index is 12.7. The van der Waals surface area contributed by atoms with E-state index in [2.05, 4.69) is 118 Å². The van der Waals surface area contributed by atoms with Crippen LogP contribution in [0.4, 0.5) is 0 Å². The molecule has 5 heteroatoms. The van der Waals surface area contributed by atoms with E-state index < -0.39 is 6.10 Å². The van der Waals surface area contributed by atoms with Crippen molar-refractivity contribution >= 4 is 11.9 Å². The van der Waals surface area contributed by atoms with Gasteiger partial charge in [-0.05, 0) is 109 Å². The lowest BCUT2D eigenvalue weighted by Crippen LogP contribution is -2.30. The molecule has 0 aliphatic rings. The number of unbranched alkanes of at least 4 members (excludes halogenated alkanes) is 15. The van der Waals surface area contributed by atoms with E-state index in [1.54, 1.807) is 0 Å². The Bertz CT molecular complexity index is 1140. The van der Waals surface area contributed by atoms with E-state index >= 15 is 0 Å². The molecule has 0 aliphatic heterocycles. The summed E-state index contributed by atoms with van der Waals surface area (Å²) in [5.74, 6) is -0.474. The highest BCUT2D eigenvalue weighted by molar-refractivity contribution is 5.70. The molecule has 0 bridgehead atoms. The predicted molar refractivity (Wildman–Crippen MR) is 251 cm³/mol. The summed E-state index contributed by atoms with van der Waals surface area (Å²) in [6.45, 7) is 7.49. The molecule has 0 N–H and O–H groups in total. The molecule has 0 spiro atoms. The Morgan fingerprint density at radius 3 is 1.28 bits per heavy atom. The number of allylic oxidation sites excluding steroid dienone is 16. The summed E-state index contributed by atoms with van der Waals surface area (Å²) in [5, 5.41) is 0. The van der Waals surface area contributed by atoms with Crippen molar-refractivity contribution in [1.29, 1.82) is 0 Å². The van der Waals surface area contributed by atoms with Crippen LogP contribution in [-0.4, -0.2) is 37.9 Å². The minimum Gasteiger partial charge on any atom is -0.462 e. The van der Waals surface area contributed by atoms with Gasteiger partial charge >= 0.3 is 11.9 Å². The predicted octanol–water partition coefficient (Wildman–Crippen LogP) is 15.9. The molecule has 0 radical (unpaired) electrons. The summed E-state index contributed by atoms with van der Waals surface area (Å²) in [4.78, 5) is 25.3. The quantitative estimate of drug-likeness (QED) is 0.0349. The molecule has 0 aromatic rings. The Balaban J connectivity index is 4.39. The van der Waals surface area contributed by atoms with E-state index in [1.807, 2.05) is 0 Å². The molecule has 0 saturated heterocycles. The Morgan fingerprint density at radius 1 is 0.397 bits per heavy atom. The summed E-state index contributed by atoms with van der Waals surface area (Å²) in [7, 11) is 0. The molecule has 0 saturated carbocycles. The lowest BCUT2D eigenvalue weighted by molar-refractivity contribution is -0.163. The SMILES string of the molecule is CC/C=C\C/C=C\C/C=C\C/C=C\CCCCC(=O)OCC(COCCCCCCCC/C=C\C/C=C\CCC)OC(=O)CCCCCCC/C=C\C/C=C\CCC. The highest BCUT2D eigenvalue weighted by Crippen LogP contribution is 2.12. The van der Waals surface area contributed by atoms with Crippen molar-refractivity contribution in [3.8, 4) is 0 Å². The van der Waals surface area contributed by atoms with Crippen molar-refractivity contribution < 1.29 is 23.8 Å². The van der Waals surface area contributed by atoms with Crippen LogP contribution >= 0.6 is 0 Å². The second-order valence-corrected chi connectivity index (χ2v) is 15.3. The molecule has 5 nitrogen and oxygen atoms in total. The van der Waals surface area contributed by atoms with Crippen LogP contribution < -0.4 is 0 Å². The van der Waals surface area contributed by atoms with E-state index in [-0.39, 0.29) is 25.2 Å². The van der Waals surface area contributed by atoms with Crippen LogP contribution in [0.1, 0.15) is 201 Å². The molecule has 330 valence electrons. The normalized spacial score (nSPS) is 13.1. The largest absolute Gasteiger partial charge is 0.462 e. The minimum absolute atomic E-state index is 0.0484. The third-order valence-electron chi connectivity index (χ3n) is 9.54. The fourth-order valence-corrected chi connectivity index (χ4v) is 6.04. The zero-order chi connectivity index (χ0) is 42.1. The molecule has 0 rings (SSSR count). The Labute approximate surface area is 358 Å². The van der Waals surface area contributed by atoms with E-state index in [9.17, 15) is 9.59 Å². The van der Waals surface area contributed by atoms with Crippen molar-refractivity contribution in [2.45, 2.75) is 207 Å². The van der Waals surface area contributed by atoms with Gasteiger partial charge in [-0.15, -0.1) is 0 Å². The smallest absolute Gasteiger partial charge is 0.306 e. The van der Waals surface area contributed by atoms with Crippen LogP contribution in [-0.2, 0) is 23.8 Å². The van der Waals surface area contributed by atoms with Crippen LogP contribution in [0.2, 0.25) is 0 Å². The second-order valence-electron chi connectivity index (χ2n) is 15.3. The fourth-order valence-electron chi connectivity index (χ4n) is 6.04. The van der Waals surface area contributed by atoms with Gasteiger partial charge in [0, 0.05) is 19.4 Å². The van der Waals surface area contributed by atoms with Crippen molar-refractivity contribution in [2.75, 3.05) is 19.8 Å². The average Bonchev–Trinajstić information content (AvgIpc) is 3.22. The number of esters is 2. The first-order valence-corrected chi connectivity index (χ1v) is 23.8. The first-order valence-electron chi connectivity index (χ1n) is 23.8. The van der Waals surface area contributed by atoms with Crippen molar-refractivity contribution in [1.82, 2.24) is 0 Å². The summed E-state index contributed by atoms with van der Waals surface area (Å²) < 4.78 is 17.3.